The summed E-state index contributed by atoms with van der Waals surface area (Å²) < 4.78 is 18.8. The summed E-state index contributed by atoms with van der Waals surface area (Å²) in [6.45, 7) is 9.80. The third-order valence-corrected chi connectivity index (χ3v) is 6.93. The van der Waals surface area contributed by atoms with Crippen LogP contribution in [0.25, 0.3) is 0 Å². The fourth-order valence-electron chi connectivity index (χ4n) is 4.29. The number of ether oxygens (including phenoxy) is 1. The summed E-state index contributed by atoms with van der Waals surface area (Å²) in [5.41, 5.74) is 5.73. The number of aliphatic imine (C=N–C) groups is 1. The van der Waals surface area contributed by atoms with E-state index in [1.54, 1.807) is 12.1 Å². The second-order valence-corrected chi connectivity index (χ2v) is 10.1. The Morgan fingerprint density at radius 3 is 2.56 bits per heavy atom. The van der Waals surface area contributed by atoms with Crippen LogP contribution in [0.15, 0.2) is 69.8 Å². The van der Waals surface area contributed by atoms with E-state index >= 15 is 0 Å². The molecule has 36 heavy (non-hydrogen) atoms. The maximum Gasteiger partial charge on any atom is 0.338 e. The quantitative estimate of drug-likeness (QED) is 0.489. The van der Waals surface area contributed by atoms with E-state index in [0.717, 1.165) is 33.1 Å². The fourth-order valence-corrected chi connectivity index (χ4v) is 5.25. The molecule has 1 amide bonds. The van der Waals surface area contributed by atoms with Crippen LogP contribution in [-0.2, 0) is 20.9 Å². The van der Waals surface area contributed by atoms with E-state index < -0.39 is 12.0 Å². The van der Waals surface area contributed by atoms with Crippen LogP contribution in [0.5, 0.6) is 0 Å². The van der Waals surface area contributed by atoms with Crippen LogP contribution >= 0.6 is 11.8 Å². The first-order valence-electron chi connectivity index (χ1n) is 11.9. The molecule has 2 aliphatic heterocycles. The van der Waals surface area contributed by atoms with Gasteiger partial charge in [-0.2, -0.15) is 0 Å². The van der Waals surface area contributed by atoms with Gasteiger partial charge in [0.25, 0.3) is 0 Å². The average molecular weight is 508 g/mol. The Morgan fingerprint density at radius 2 is 1.86 bits per heavy atom. The van der Waals surface area contributed by atoms with Crippen LogP contribution in [0, 0.1) is 19.7 Å². The number of allylic oxidation sites excluding steroid dienone is 1. The van der Waals surface area contributed by atoms with Gasteiger partial charge in [0.2, 0.25) is 5.91 Å². The molecule has 1 N–H and O–H groups in total. The molecule has 0 bridgehead atoms. The normalized spacial score (nSPS) is 17.1. The van der Waals surface area contributed by atoms with Gasteiger partial charge in [0, 0.05) is 12.2 Å². The zero-order chi connectivity index (χ0) is 26.0. The molecular weight excluding hydrogens is 477 g/mol. The first-order chi connectivity index (χ1) is 17.1. The van der Waals surface area contributed by atoms with Crippen LogP contribution < -0.4 is 5.32 Å². The molecular formula is C28H30FN3O3S. The standard InChI is InChI=1S/C28H30FN3O3S/c1-16(2)35-27(34)25-19(5)31-28-32(26(25)23-12-17(3)6-7-18(23)4)22(15-36-28)13-24(33)30-14-20-8-10-21(29)11-9-20/h6-12,15-16,26H,13-14H2,1-5H3,(H,30,33). The van der Waals surface area contributed by atoms with E-state index in [9.17, 15) is 14.0 Å². The number of hydrogen-bond acceptors (Lipinski definition) is 6. The maximum absolute atomic E-state index is 13.3. The van der Waals surface area contributed by atoms with Gasteiger partial charge in [0.15, 0.2) is 5.17 Å². The third-order valence-electron chi connectivity index (χ3n) is 6.04. The summed E-state index contributed by atoms with van der Waals surface area (Å²) in [4.78, 5) is 32.9. The van der Waals surface area contributed by atoms with Gasteiger partial charge in [0.1, 0.15) is 5.82 Å². The molecule has 2 heterocycles. The minimum atomic E-state index is -0.463. The molecule has 0 spiro atoms. The lowest BCUT2D eigenvalue weighted by molar-refractivity contribution is -0.143. The van der Waals surface area contributed by atoms with Crippen LogP contribution in [0.1, 0.15) is 55.5 Å². The van der Waals surface area contributed by atoms with Gasteiger partial charge in [-0.25, -0.2) is 14.2 Å². The van der Waals surface area contributed by atoms with Crippen molar-refractivity contribution in [1.29, 1.82) is 0 Å². The Hall–Kier alpha value is -3.39. The molecule has 0 aromatic heterocycles. The number of nitrogens with one attached hydrogen (secondary N) is 1. The number of carbonyl (C=O) groups excluding carboxylic acids is 2. The lowest BCUT2D eigenvalue weighted by atomic mass is 9.90. The Bertz CT molecular complexity index is 1280. The minimum absolute atomic E-state index is 0.111. The predicted molar refractivity (Wildman–Crippen MR) is 140 cm³/mol. The largest absolute Gasteiger partial charge is 0.459 e. The van der Waals surface area contributed by atoms with E-state index in [1.807, 2.05) is 57.1 Å². The van der Waals surface area contributed by atoms with Crippen LogP contribution in [-0.4, -0.2) is 28.0 Å². The van der Waals surface area contributed by atoms with E-state index in [1.165, 1.54) is 23.9 Å². The molecule has 0 fully saturated rings. The number of nitrogens with zero attached hydrogens (tertiary/aromatic N) is 2. The fraction of sp³-hybridized carbons (Fsp3) is 0.321. The maximum atomic E-state index is 13.3. The lowest BCUT2D eigenvalue weighted by Gasteiger charge is -2.37. The number of fused-ring (bicyclic) bond motifs is 1. The molecule has 0 aliphatic carbocycles. The minimum Gasteiger partial charge on any atom is -0.459 e. The molecule has 2 aromatic carbocycles. The Kier molecular flexibility index (Phi) is 7.64. The zero-order valence-electron chi connectivity index (χ0n) is 21.1. The number of amides is 1. The van der Waals surface area contributed by atoms with Crippen LogP contribution in [0.4, 0.5) is 4.39 Å². The molecule has 2 aliphatic rings. The number of esters is 1. The monoisotopic (exact) mass is 507 g/mol. The number of benzene rings is 2. The van der Waals surface area contributed by atoms with Crippen molar-refractivity contribution in [3.8, 4) is 0 Å². The molecule has 1 atom stereocenters. The number of thioether (sulfide) groups is 1. The van der Waals surface area contributed by atoms with E-state index in [-0.39, 0.29) is 24.2 Å². The summed E-state index contributed by atoms with van der Waals surface area (Å²) in [7, 11) is 0. The molecule has 188 valence electrons. The first-order valence-corrected chi connectivity index (χ1v) is 12.8. The summed E-state index contributed by atoms with van der Waals surface area (Å²) in [5, 5.41) is 5.54. The van der Waals surface area contributed by atoms with Crippen molar-refractivity contribution in [2.45, 2.75) is 59.7 Å². The highest BCUT2D eigenvalue weighted by atomic mass is 32.2. The number of amidine groups is 1. The van der Waals surface area contributed by atoms with Gasteiger partial charge in [-0.05, 0) is 68.8 Å². The van der Waals surface area contributed by atoms with Crippen molar-refractivity contribution in [3.63, 3.8) is 0 Å². The summed E-state index contributed by atoms with van der Waals surface area (Å²) in [6, 6.07) is 11.7. The first kappa shape index (κ1) is 25.7. The number of carbonyl (C=O) groups is 2. The van der Waals surface area contributed by atoms with Crippen molar-refractivity contribution < 1.29 is 18.7 Å². The van der Waals surface area contributed by atoms with Crippen molar-refractivity contribution in [2.75, 3.05) is 0 Å². The molecule has 2 aromatic rings. The van der Waals surface area contributed by atoms with Gasteiger partial charge in [-0.15, -0.1) is 0 Å². The second kappa shape index (κ2) is 10.7. The highest BCUT2D eigenvalue weighted by molar-refractivity contribution is 8.16. The number of hydrogen-bond donors (Lipinski definition) is 1. The summed E-state index contributed by atoms with van der Waals surface area (Å²) in [6.07, 6.45) is -0.164. The van der Waals surface area contributed by atoms with Crippen molar-refractivity contribution in [3.05, 3.63) is 92.9 Å². The average Bonchev–Trinajstić information content (AvgIpc) is 3.20. The predicted octanol–water partition coefficient (Wildman–Crippen LogP) is 5.68. The van der Waals surface area contributed by atoms with Crippen LogP contribution in [0.2, 0.25) is 0 Å². The summed E-state index contributed by atoms with van der Waals surface area (Å²) >= 11 is 1.44. The SMILES string of the molecule is CC1=C(C(=O)OC(C)C)C(c2cc(C)ccc2C)N2C(CC(=O)NCc3ccc(F)cc3)=CSC2=N1. The Labute approximate surface area is 215 Å². The van der Waals surface area contributed by atoms with E-state index in [0.29, 0.717) is 17.8 Å². The highest BCUT2D eigenvalue weighted by Gasteiger charge is 2.41. The van der Waals surface area contributed by atoms with Gasteiger partial charge in [-0.1, -0.05) is 47.7 Å². The topological polar surface area (TPSA) is 71.0 Å². The van der Waals surface area contributed by atoms with Crippen molar-refractivity contribution in [2.24, 2.45) is 4.99 Å². The highest BCUT2D eigenvalue weighted by Crippen LogP contribution is 2.45. The molecule has 6 nitrogen and oxygen atoms in total. The van der Waals surface area contributed by atoms with Crippen molar-refractivity contribution in [1.82, 2.24) is 10.2 Å². The molecule has 1 unspecified atom stereocenters. The number of rotatable bonds is 7. The molecule has 0 saturated carbocycles. The van der Waals surface area contributed by atoms with E-state index in [4.69, 9.17) is 9.73 Å². The van der Waals surface area contributed by atoms with Gasteiger partial charge in [-0.3, -0.25) is 4.79 Å². The van der Waals surface area contributed by atoms with Gasteiger partial charge < -0.3 is 15.0 Å². The molecule has 0 radical (unpaired) electrons. The van der Waals surface area contributed by atoms with Crippen molar-refractivity contribution >= 4 is 28.8 Å². The molecule has 0 saturated heterocycles. The van der Waals surface area contributed by atoms with E-state index in [2.05, 4.69) is 11.4 Å². The molecule has 4 rings (SSSR count). The van der Waals surface area contributed by atoms with Crippen LogP contribution in [0.3, 0.4) is 0 Å². The number of aryl methyl sites for hydroxylation is 2. The zero-order valence-corrected chi connectivity index (χ0v) is 21.9. The number of halogens is 1. The smallest absolute Gasteiger partial charge is 0.338 e. The van der Waals surface area contributed by atoms with Gasteiger partial charge >= 0.3 is 5.97 Å². The molecule has 8 heteroatoms. The second-order valence-electron chi connectivity index (χ2n) is 9.29. The third kappa shape index (κ3) is 5.54. The Morgan fingerprint density at radius 1 is 1.14 bits per heavy atom. The summed E-state index contributed by atoms with van der Waals surface area (Å²) in [5.74, 6) is -0.902. The lowest BCUT2D eigenvalue weighted by Crippen LogP contribution is -2.38. The Balaban J connectivity index is 1.64. The van der Waals surface area contributed by atoms with Gasteiger partial charge in [0.05, 0.1) is 29.8 Å².